The van der Waals surface area contributed by atoms with Gasteiger partial charge in [-0.1, -0.05) is 20.3 Å². The first-order chi connectivity index (χ1) is 3.83. The molecule has 0 fully saturated rings. The molecule has 0 saturated heterocycles. The van der Waals surface area contributed by atoms with Crippen LogP contribution in [0.3, 0.4) is 0 Å². The minimum absolute atomic E-state index is 0.0938. The molecule has 0 rings (SSSR count). The molecule has 52 valence electrons. The number of rotatable bonds is 2. The van der Waals surface area contributed by atoms with Gasteiger partial charge in [0, 0.05) is 13.2 Å². The van der Waals surface area contributed by atoms with Crippen molar-refractivity contribution in [3.63, 3.8) is 0 Å². The van der Waals surface area contributed by atoms with Gasteiger partial charge in [-0.05, 0) is 6.42 Å². The van der Waals surface area contributed by atoms with Crippen molar-refractivity contribution in [2.24, 2.45) is 0 Å². The van der Waals surface area contributed by atoms with E-state index in [1.807, 2.05) is 0 Å². The van der Waals surface area contributed by atoms with Crippen molar-refractivity contribution in [1.82, 2.24) is 0 Å². The first-order valence-electron chi connectivity index (χ1n) is 3.05. The smallest absolute Gasteiger partial charge is 0.0452 e. The molecule has 0 aliphatic carbocycles. The second-order valence-corrected chi connectivity index (χ2v) is 1.51. The third kappa shape index (κ3) is 38.9. The van der Waals surface area contributed by atoms with Crippen LogP contribution in [0, 0.1) is 0 Å². The fraction of sp³-hybridized carbons (Fsp3) is 1.00. The average Bonchev–Trinajstić information content (AvgIpc) is 1.71. The summed E-state index contributed by atoms with van der Waals surface area (Å²) in [6.07, 6.45) is 1.75. The van der Waals surface area contributed by atoms with Gasteiger partial charge >= 0.3 is 0 Å². The Morgan fingerprint density at radius 2 is 1.25 bits per heavy atom. The zero-order valence-electron chi connectivity index (χ0n) is 5.72. The molecule has 0 aromatic rings. The van der Waals surface area contributed by atoms with E-state index in [2.05, 4.69) is 13.8 Å². The van der Waals surface area contributed by atoms with Gasteiger partial charge in [-0.25, -0.2) is 0 Å². The van der Waals surface area contributed by atoms with Crippen LogP contribution >= 0.6 is 0 Å². The summed E-state index contributed by atoms with van der Waals surface area (Å²) >= 11 is 0. The Morgan fingerprint density at radius 3 is 1.25 bits per heavy atom. The minimum atomic E-state index is 0.0938. The number of hydrogen-bond acceptors (Lipinski definition) is 2. The van der Waals surface area contributed by atoms with Crippen LogP contribution in [0.2, 0.25) is 0 Å². The molecule has 2 nitrogen and oxygen atoms in total. The highest BCUT2D eigenvalue weighted by Crippen LogP contribution is 1.65. The van der Waals surface area contributed by atoms with Crippen LogP contribution in [0.4, 0.5) is 0 Å². The van der Waals surface area contributed by atoms with Gasteiger partial charge in [0.05, 0.1) is 0 Å². The molecule has 8 heavy (non-hydrogen) atoms. The fourth-order valence-corrected chi connectivity index (χ4v) is 0.0707. The molecule has 0 atom stereocenters. The average molecular weight is 120 g/mol. The van der Waals surface area contributed by atoms with E-state index in [-0.39, 0.29) is 13.2 Å². The maximum absolute atomic E-state index is 7.91. The van der Waals surface area contributed by atoms with Crippen LogP contribution in [0.25, 0.3) is 0 Å². The molecule has 0 heterocycles. The first-order valence-corrected chi connectivity index (χ1v) is 3.05. The molecule has 2 N–H and O–H groups in total. The highest BCUT2D eigenvalue weighted by molar-refractivity contribution is 4.22. The van der Waals surface area contributed by atoms with Gasteiger partial charge in [-0.3, -0.25) is 0 Å². The maximum atomic E-state index is 7.91. The molecule has 0 aliphatic heterocycles. The van der Waals surface area contributed by atoms with Crippen LogP contribution in [0.15, 0.2) is 0 Å². The third-order valence-electron chi connectivity index (χ3n) is 0.316. The summed E-state index contributed by atoms with van der Waals surface area (Å²) < 4.78 is 0. The van der Waals surface area contributed by atoms with Crippen molar-refractivity contribution in [2.45, 2.75) is 26.7 Å². The van der Waals surface area contributed by atoms with Crippen LogP contribution < -0.4 is 0 Å². The molecule has 0 aliphatic rings. The Balaban J connectivity index is 0. The molecule has 0 aromatic heterocycles. The standard InChI is InChI=1S/C3H8O2.C3H8/c4-2-1-3-5;1-3-2/h4-5H,1-3H2;3H2,1-2H3. The lowest BCUT2D eigenvalue weighted by Gasteiger charge is -1.79. The van der Waals surface area contributed by atoms with Gasteiger partial charge in [-0.15, -0.1) is 0 Å². The highest BCUT2D eigenvalue weighted by Gasteiger charge is 1.70. The van der Waals surface area contributed by atoms with Crippen molar-refractivity contribution >= 4 is 0 Å². The summed E-state index contributed by atoms with van der Waals surface area (Å²) in [4.78, 5) is 0. The molecule has 0 radical (unpaired) electrons. The molecular weight excluding hydrogens is 104 g/mol. The van der Waals surface area contributed by atoms with Gasteiger partial charge in [0.15, 0.2) is 0 Å². The Morgan fingerprint density at radius 1 is 1.00 bits per heavy atom. The minimum Gasteiger partial charge on any atom is -0.396 e. The van der Waals surface area contributed by atoms with Gasteiger partial charge < -0.3 is 10.2 Å². The lowest BCUT2D eigenvalue weighted by atomic mass is 10.5. The zero-order chi connectivity index (χ0) is 6.83. The number of aliphatic hydroxyl groups excluding tert-OH is 2. The van der Waals surface area contributed by atoms with Crippen LogP contribution in [0.5, 0.6) is 0 Å². The van der Waals surface area contributed by atoms with E-state index < -0.39 is 0 Å². The molecule has 0 saturated carbocycles. The molecular formula is C6H16O2. The molecule has 0 unspecified atom stereocenters. The van der Waals surface area contributed by atoms with Gasteiger partial charge in [0.2, 0.25) is 0 Å². The summed E-state index contributed by atoms with van der Waals surface area (Å²) in [6, 6.07) is 0. The van der Waals surface area contributed by atoms with Crippen molar-refractivity contribution in [3.8, 4) is 0 Å². The quantitative estimate of drug-likeness (QED) is 0.565. The van der Waals surface area contributed by atoms with E-state index in [1.165, 1.54) is 6.42 Å². The van der Waals surface area contributed by atoms with Gasteiger partial charge in [-0.2, -0.15) is 0 Å². The summed E-state index contributed by atoms with van der Waals surface area (Å²) in [5.74, 6) is 0. The topological polar surface area (TPSA) is 40.5 Å². The molecule has 0 amide bonds. The SMILES string of the molecule is CCC.OCCCO. The Kier molecular flexibility index (Phi) is 21.3. The zero-order valence-corrected chi connectivity index (χ0v) is 5.72. The lowest BCUT2D eigenvalue weighted by Crippen LogP contribution is -1.85. The van der Waals surface area contributed by atoms with E-state index in [1.54, 1.807) is 0 Å². The normalized spacial score (nSPS) is 7.50. The Labute approximate surface area is 51.2 Å². The Hall–Kier alpha value is -0.0800. The largest absolute Gasteiger partial charge is 0.396 e. The monoisotopic (exact) mass is 120 g/mol. The number of hydrogen-bond donors (Lipinski definition) is 2. The maximum Gasteiger partial charge on any atom is 0.0452 e. The highest BCUT2D eigenvalue weighted by atomic mass is 16.3. The molecule has 0 aromatic carbocycles. The number of aliphatic hydroxyl groups is 2. The van der Waals surface area contributed by atoms with E-state index in [4.69, 9.17) is 10.2 Å². The van der Waals surface area contributed by atoms with Crippen molar-refractivity contribution in [3.05, 3.63) is 0 Å². The summed E-state index contributed by atoms with van der Waals surface area (Å²) in [5.41, 5.74) is 0. The lowest BCUT2D eigenvalue weighted by molar-refractivity contribution is 0.221. The van der Waals surface area contributed by atoms with Crippen molar-refractivity contribution in [1.29, 1.82) is 0 Å². The van der Waals surface area contributed by atoms with E-state index in [0.717, 1.165) is 0 Å². The molecule has 2 heteroatoms. The van der Waals surface area contributed by atoms with E-state index >= 15 is 0 Å². The second-order valence-electron chi connectivity index (χ2n) is 1.51. The summed E-state index contributed by atoms with van der Waals surface area (Å²) in [7, 11) is 0. The van der Waals surface area contributed by atoms with Gasteiger partial charge in [0.1, 0.15) is 0 Å². The predicted octanol–water partition coefficient (Wildman–Crippen LogP) is 0.777. The Bertz CT molecular complexity index is 20.5. The van der Waals surface area contributed by atoms with Crippen molar-refractivity contribution < 1.29 is 10.2 Å². The first kappa shape index (κ1) is 10.8. The van der Waals surface area contributed by atoms with Gasteiger partial charge in [0.25, 0.3) is 0 Å². The van der Waals surface area contributed by atoms with Crippen LogP contribution in [-0.4, -0.2) is 23.4 Å². The fourth-order valence-electron chi connectivity index (χ4n) is 0.0707. The van der Waals surface area contributed by atoms with Crippen molar-refractivity contribution in [2.75, 3.05) is 13.2 Å². The predicted molar refractivity (Wildman–Crippen MR) is 34.8 cm³/mol. The molecule has 0 bridgehead atoms. The van der Waals surface area contributed by atoms with Crippen LogP contribution in [0.1, 0.15) is 26.7 Å². The van der Waals surface area contributed by atoms with E-state index in [0.29, 0.717) is 6.42 Å². The molecule has 0 spiro atoms. The third-order valence-corrected chi connectivity index (χ3v) is 0.316. The summed E-state index contributed by atoms with van der Waals surface area (Å²) in [5, 5.41) is 15.8. The van der Waals surface area contributed by atoms with Crippen LogP contribution in [-0.2, 0) is 0 Å². The second kappa shape index (κ2) is 15.8. The summed E-state index contributed by atoms with van der Waals surface area (Å²) in [6.45, 7) is 4.44. The van der Waals surface area contributed by atoms with E-state index in [9.17, 15) is 0 Å².